The lowest BCUT2D eigenvalue weighted by atomic mass is 10.0. The molecule has 0 aliphatic rings. The number of carbonyl (C=O) groups excluding carboxylic acids is 2. The van der Waals surface area contributed by atoms with Crippen molar-refractivity contribution in [2.75, 3.05) is 0 Å². The zero-order valence-corrected chi connectivity index (χ0v) is 19.5. The highest BCUT2D eigenvalue weighted by Crippen LogP contribution is 2.27. The average molecular weight is 498 g/mol. The first-order valence-corrected chi connectivity index (χ1v) is 11.1. The highest BCUT2D eigenvalue weighted by atomic mass is 79.9. The van der Waals surface area contributed by atoms with Gasteiger partial charge in [0.25, 0.3) is 0 Å². The summed E-state index contributed by atoms with van der Waals surface area (Å²) < 4.78 is 5.90. The molecule has 0 radical (unpaired) electrons. The SMILES string of the molecule is CC(=O)Oc1ccc(-c2ccc(C=Nc3ccc(Br)cc3C(=O)c3ccccc3)cc2)cc1. The minimum Gasteiger partial charge on any atom is -0.427 e. The van der Waals surface area contributed by atoms with Crippen molar-refractivity contribution in [1.82, 2.24) is 0 Å². The fraction of sp³-hybridized carbons (Fsp3) is 0.0357. The Kier molecular flexibility index (Phi) is 6.91. The van der Waals surface area contributed by atoms with Crippen LogP contribution in [0, 0.1) is 0 Å². The van der Waals surface area contributed by atoms with Gasteiger partial charge >= 0.3 is 5.97 Å². The van der Waals surface area contributed by atoms with Gasteiger partial charge in [0.2, 0.25) is 0 Å². The van der Waals surface area contributed by atoms with E-state index in [0.717, 1.165) is 21.2 Å². The van der Waals surface area contributed by atoms with Crippen LogP contribution in [0.25, 0.3) is 11.1 Å². The Bertz CT molecular complexity index is 1310. The molecule has 0 amide bonds. The summed E-state index contributed by atoms with van der Waals surface area (Å²) in [6, 6.07) is 30.0. The second-order valence-corrected chi connectivity index (χ2v) is 8.27. The summed E-state index contributed by atoms with van der Waals surface area (Å²) in [6.07, 6.45) is 1.75. The van der Waals surface area contributed by atoms with Crippen molar-refractivity contribution < 1.29 is 14.3 Å². The molecule has 0 bridgehead atoms. The number of nitrogens with zero attached hydrogens (tertiary/aromatic N) is 1. The fourth-order valence-corrected chi connectivity index (χ4v) is 3.70. The Labute approximate surface area is 200 Å². The minimum atomic E-state index is -0.342. The molecule has 0 heterocycles. The number of rotatable bonds is 6. The number of ketones is 1. The molecule has 4 aromatic carbocycles. The van der Waals surface area contributed by atoms with Gasteiger partial charge < -0.3 is 4.74 Å². The molecule has 0 N–H and O–H groups in total. The summed E-state index contributed by atoms with van der Waals surface area (Å²) in [7, 11) is 0. The Hall–Kier alpha value is -3.83. The maximum absolute atomic E-state index is 13.0. The zero-order valence-electron chi connectivity index (χ0n) is 17.9. The van der Waals surface area contributed by atoms with E-state index in [4.69, 9.17) is 4.74 Å². The van der Waals surface area contributed by atoms with Gasteiger partial charge in [0.05, 0.1) is 5.69 Å². The predicted octanol–water partition coefficient (Wildman–Crippen LogP) is 7.02. The second kappa shape index (κ2) is 10.2. The quantitative estimate of drug-likeness (QED) is 0.124. The molecule has 0 unspecified atom stereocenters. The van der Waals surface area contributed by atoms with Crippen LogP contribution in [0.2, 0.25) is 0 Å². The number of hydrogen-bond acceptors (Lipinski definition) is 4. The van der Waals surface area contributed by atoms with Gasteiger partial charge in [0.15, 0.2) is 5.78 Å². The van der Waals surface area contributed by atoms with E-state index in [1.807, 2.05) is 66.7 Å². The number of aliphatic imine (C=N–C) groups is 1. The minimum absolute atomic E-state index is 0.0726. The van der Waals surface area contributed by atoms with Crippen LogP contribution in [0.1, 0.15) is 28.4 Å². The summed E-state index contributed by atoms with van der Waals surface area (Å²) in [4.78, 5) is 28.6. The van der Waals surface area contributed by atoms with Crippen LogP contribution < -0.4 is 4.74 Å². The van der Waals surface area contributed by atoms with E-state index in [-0.39, 0.29) is 11.8 Å². The van der Waals surface area contributed by atoms with Gasteiger partial charge in [-0.05, 0) is 47.0 Å². The van der Waals surface area contributed by atoms with Gasteiger partial charge in [0.1, 0.15) is 5.75 Å². The smallest absolute Gasteiger partial charge is 0.308 e. The van der Waals surface area contributed by atoms with Crippen LogP contribution in [0.4, 0.5) is 5.69 Å². The molecule has 33 heavy (non-hydrogen) atoms. The largest absolute Gasteiger partial charge is 0.427 e. The molecular formula is C28H20BrNO3. The second-order valence-electron chi connectivity index (χ2n) is 7.35. The molecule has 0 fully saturated rings. The van der Waals surface area contributed by atoms with Crippen LogP contribution in [-0.4, -0.2) is 18.0 Å². The molecule has 0 saturated carbocycles. The van der Waals surface area contributed by atoms with Crippen LogP contribution in [-0.2, 0) is 4.79 Å². The first-order valence-electron chi connectivity index (χ1n) is 10.3. The topological polar surface area (TPSA) is 55.7 Å². The number of ether oxygens (including phenoxy) is 1. The normalized spacial score (nSPS) is 10.8. The third-order valence-corrected chi connectivity index (χ3v) is 5.45. The standard InChI is InChI=1S/C28H20BrNO3/c1-19(31)33-25-14-11-22(12-15-25)21-9-7-20(8-10-21)18-30-27-16-13-24(29)17-26(27)28(32)23-5-3-2-4-6-23/h2-18H,1H3. The van der Waals surface area contributed by atoms with Crippen molar-refractivity contribution in [1.29, 1.82) is 0 Å². The molecule has 5 heteroatoms. The summed E-state index contributed by atoms with van der Waals surface area (Å²) in [5.74, 6) is 0.104. The Morgan fingerprint density at radius 1 is 0.818 bits per heavy atom. The molecule has 0 spiro atoms. The zero-order chi connectivity index (χ0) is 23.2. The molecular weight excluding hydrogens is 478 g/mol. The monoisotopic (exact) mass is 497 g/mol. The van der Waals surface area contributed by atoms with Crippen LogP contribution in [0.5, 0.6) is 5.75 Å². The lowest BCUT2D eigenvalue weighted by Crippen LogP contribution is -2.01. The Balaban J connectivity index is 1.54. The van der Waals surface area contributed by atoms with Crippen LogP contribution in [0.3, 0.4) is 0 Å². The third-order valence-electron chi connectivity index (χ3n) is 4.95. The third kappa shape index (κ3) is 5.70. The van der Waals surface area contributed by atoms with Gasteiger partial charge in [-0.1, -0.05) is 82.7 Å². The van der Waals surface area contributed by atoms with Crippen molar-refractivity contribution in [3.63, 3.8) is 0 Å². The lowest BCUT2D eigenvalue weighted by molar-refractivity contribution is -0.131. The highest BCUT2D eigenvalue weighted by Gasteiger charge is 2.13. The van der Waals surface area contributed by atoms with E-state index >= 15 is 0 Å². The van der Waals surface area contributed by atoms with Crippen molar-refractivity contribution in [2.24, 2.45) is 4.99 Å². The average Bonchev–Trinajstić information content (AvgIpc) is 2.84. The van der Waals surface area contributed by atoms with E-state index in [0.29, 0.717) is 22.6 Å². The molecule has 0 aliphatic heterocycles. The first kappa shape index (κ1) is 22.4. The van der Waals surface area contributed by atoms with Crippen LogP contribution >= 0.6 is 15.9 Å². The van der Waals surface area contributed by atoms with E-state index in [1.165, 1.54) is 6.92 Å². The lowest BCUT2D eigenvalue weighted by Gasteiger charge is -2.07. The number of carbonyl (C=O) groups is 2. The summed E-state index contributed by atoms with van der Waals surface area (Å²) in [6.45, 7) is 1.38. The van der Waals surface area contributed by atoms with E-state index in [2.05, 4.69) is 20.9 Å². The van der Waals surface area contributed by atoms with Gasteiger partial charge in [-0.15, -0.1) is 0 Å². The van der Waals surface area contributed by atoms with Gasteiger partial charge in [-0.3, -0.25) is 14.6 Å². The molecule has 0 aliphatic carbocycles. The summed E-state index contributed by atoms with van der Waals surface area (Å²) in [5, 5.41) is 0. The predicted molar refractivity (Wildman–Crippen MR) is 134 cm³/mol. The van der Waals surface area contributed by atoms with Gasteiger partial charge in [-0.2, -0.15) is 0 Å². The van der Waals surface area contributed by atoms with Gasteiger partial charge in [0, 0.05) is 28.7 Å². The van der Waals surface area contributed by atoms with Crippen molar-refractivity contribution in [2.45, 2.75) is 6.92 Å². The number of halogens is 1. The van der Waals surface area contributed by atoms with Crippen molar-refractivity contribution in [3.8, 4) is 16.9 Å². The summed E-state index contributed by atoms with van der Waals surface area (Å²) >= 11 is 3.45. The number of benzene rings is 4. The van der Waals surface area contributed by atoms with Crippen molar-refractivity contribution in [3.05, 3.63) is 118 Å². The molecule has 4 rings (SSSR count). The molecule has 0 aromatic heterocycles. The molecule has 0 atom stereocenters. The fourth-order valence-electron chi connectivity index (χ4n) is 3.33. The molecule has 4 nitrogen and oxygen atoms in total. The molecule has 4 aromatic rings. The van der Waals surface area contributed by atoms with E-state index in [1.54, 1.807) is 36.5 Å². The maximum Gasteiger partial charge on any atom is 0.308 e. The molecule has 162 valence electrons. The Morgan fingerprint density at radius 2 is 1.45 bits per heavy atom. The Morgan fingerprint density at radius 3 is 2.09 bits per heavy atom. The van der Waals surface area contributed by atoms with E-state index < -0.39 is 0 Å². The first-order chi connectivity index (χ1) is 16.0. The number of esters is 1. The molecule has 0 saturated heterocycles. The van der Waals surface area contributed by atoms with Crippen molar-refractivity contribution >= 4 is 39.6 Å². The van der Waals surface area contributed by atoms with E-state index in [9.17, 15) is 9.59 Å². The summed E-state index contributed by atoms with van der Waals surface area (Å²) in [5.41, 5.74) is 4.73. The van der Waals surface area contributed by atoms with Crippen LogP contribution in [0.15, 0.2) is 107 Å². The highest BCUT2D eigenvalue weighted by molar-refractivity contribution is 9.10. The maximum atomic E-state index is 13.0. The van der Waals surface area contributed by atoms with Gasteiger partial charge in [-0.25, -0.2) is 0 Å². The number of hydrogen-bond donors (Lipinski definition) is 0.